The number of amides is 1. The quantitative estimate of drug-likeness (QED) is 0.519. The van der Waals surface area contributed by atoms with Gasteiger partial charge in [-0.2, -0.15) is 5.26 Å². The molecule has 1 amide bonds. The van der Waals surface area contributed by atoms with Crippen molar-refractivity contribution >= 4 is 40.8 Å². The number of ether oxygens (including phenoxy) is 1. The highest BCUT2D eigenvalue weighted by atomic mass is 35.5. The predicted octanol–water partition coefficient (Wildman–Crippen LogP) is 4.54. The average molecular weight is 409 g/mol. The number of halogens is 3. The van der Waals surface area contributed by atoms with Gasteiger partial charge in [0, 0.05) is 12.2 Å². The standard InChI is InChI=1S/C19H15Cl2FN2O3/c1-12-3-5-13(6-4-12)24(8-2-7-23)18(25)11-27-19(26)14-9-17(22)16(21)10-15(14)20/h3-6,9-10H,2,8,11H2,1H3. The lowest BCUT2D eigenvalue weighted by atomic mass is 10.2. The third-order valence-electron chi connectivity index (χ3n) is 3.65. The highest BCUT2D eigenvalue weighted by molar-refractivity contribution is 6.36. The first-order chi connectivity index (χ1) is 12.8. The van der Waals surface area contributed by atoms with E-state index in [4.69, 9.17) is 33.2 Å². The first-order valence-electron chi connectivity index (χ1n) is 7.89. The fourth-order valence-corrected chi connectivity index (χ4v) is 2.71. The predicted molar refractivity (Wildman–Crippen MR) is 100 cm³/mol. The van der Waals surface area contributed by atoms with Gasteiger partial charge in [0.25, 0.3) is 5.91 Å². The summed E-state index contributed by atoms with van der Waals surface area (Å²) >= 11 is 11.5. The Kier molecular flexibility index (Phi) is 7.17. The highest BCUT2D eigenvalue weighted by Crippen LogP contribution is 2.25. The number of hydrogen-bond acceptors (Lipinski definition) is 4. The minimum atomic E-state index is -0.951. The van der Waals surface area contributed by atoms with Gasteiger partial charge in [-0.15, -0.1) is 0 Å². The molecule has 0 fully saturated rings. The lowest BCUT2D eigenvalue weighted by Gasteiger charge is -2.22. The largest absolute Gasteiger partial charge is 0.452 e. The van der Waals surface area contributed by atoms with E-state index in [9.17, 15) is 14.0 Å². The molecule has 2 rings (SSSR count). The maximum absolute atomic E-state index is 13.5. The van der Waals surface area contributed by atoms with Crippen molar-refractivity contribution in [3.63, 3.8) is 0 Å². The molecule has 0 aliphatic rings. The van der Waals surface area contributed by atoms with Crippen LogP contribution < -0.4 is 4.90 Å². The van der Waals surface area contributed by atoms with E-state index in [2.05, 4.69) is 0 Å². The SMILES string of the molecule is Cc1ccc(N(CCC#N)C(=O)COC(=O)c2cc(F)c(Cl)cc2Cl)cc1. The van der Waals surface area contributed by atoms with Crippen molar-refractivity contribution in [1.82, 2.24) is 0 Å². The maximum Gasteiger partial charge on any atom is 0.340 e. The fourth-order valence-electron chi connectivity index (χ4n) is 2.25. The summed E-state index contributed by atoms with van der Waals surface area (Å²) in [6.07, 6.45) is 0.113. The molecular formula is C19H15Cl2FN2O3. The van der Waals surface area contributed by atoms with E-state index in [1.165, 1.54) is 4.90 Å². The van der Waals surface area contributed by atoms with Crippen LogP contribution in [0.25, 0.3) is 0 Å². The summed E-state index contributed by atoms with van der Waals surface area (Å²) in [5, 5.41) is 8.49. The Morgan fingerprint density at radius 3 is 2.48 bits per heavy atom. The Labute approximate surface area is 165 Å². The molecule has 0 saturated carbocycles. The molecule has 0 unspecified atom stereocenters. The van der Waals surface area contributed by atoms with Gasteiger partial charge in [-0.25, -0.2) is 9.18 Å². The number of esters is 1. The Morgan fingerprint density at radius 1 is 1.19 bits per heavy atom. The zero-order valence-electron chi connectivity index (χ0n) is 14.3. The number of rotatable bonds is 6. The van der Waals surface area contributed by atoms with Crippen molar-refractivity contribution in [2.45, 2.75) is 13.3 Å². The molecule has 0 heterocycles. The first-order valence-corrected chi connectivity index (χ1v) is 8.64. The zero-order chi connectivity index (χ0) is 20.0. The Bertz CT molecular complexity index is 895. The molecule has 0 atom stereocenters. The summed E-state index contributed by atoms with van der Waals surface area (Å²) in [6.45, 7) is 1.47. The summed E-state index contributed by atoms with van der Waals surface area (Å²) in [4.78, 5) is 25.9. The van der Waals surface area contributed by atoms with Crippen LogP contribution in [0.3, 0.4) is 0 Å². The Balaban J connectivity index is 2.11. The lowest BCUT2D eigenvalue weighted by molar-refractivity contribution is -0.121. The van der Waals surface area contributed by atoms with Crippen LogP contribution >= 0.6 is 23.2 Å². The van der Waals surface area contributed by atoms with Crippen LogP contribution in [0, 0.1) is 24.1 Å². The summed E-state index contributed by atoms with van der Waals surface area (Å²) < 4.78 is 18.5. The molecule has 0 spiro atoms. The molecule has 0 aromatic heterocycles. The topological polar surface area (TPSA) is 70.4 Å². The molecule has 5 nitrogen and oxygen atoms in total. The van der Waals surface area contributed by atoms with Gasteiger partial charge in [-0.05, 0) is 31.2 Å². The smallest absolute Gasteiger partial charge is 0.340 e. The Hall–Kier alpha value is -2.62. The minimum absolute atomic E-state index is 0.0845. The third-order valence-corrected chi connectivity index (χ3v) is 4.25. The first kappa shape index (κ1) is 20.7. The Morgan fingerprint density at radius 2 is 1.85 bits per heavy atom. The van der Waals surface area contributed by atoms with E-state index in [0.717, 1.165) is 17.7 Å². The molecule has 2 aromatic carbocycles. The molecule has 27 heavy (non-hydrogen) atoms. The molecule has 0 aliphatic heterocycles. The molecule has 0 aliphatic carbocycles. The monoisotopic (exact) mass is 408 g/mol. The summed E-state index contributed by atoms with van der Waals surface area (Å²) in [7, 11) is 0. The van der Waals surface area contributed by atoms with Crippen LogP contribution in [0.5, 0.6) is 0 Å². The van der Waals surface area contributed by atoms with Gasteiger partial charge in [0.2, 0.25) is 0 Å². The molecule has 0 radical (unpaired) electrons. The van der Waals surface area contributed by atoms with E-state index in [1.54, 1.807) is 12.1 Å². The maximum atomic E-state index is 13.5. The molecular weight excluding hydrogens is 394 g/mol. The lowest BCUT2D eigenvalue weighted by Crippen LogP contribution is -2.35. The van der Waals surface area contributed by atoms with Gasteiger partial charge >= 0.3 is 5.97 Å². The summed E-state index contributed by atoms with van der Waals surface area (Å²) in [5.41, 5.74) is 1.36. The number of anilines is 1. The number of hydrogen-bond donors (Lipinski definition) is 0. The molecule has 0 saturated heterocycles. The number of nitriles is 1. The second-order valence-corrected chi connectivity index (χ2v) is 6.43. The van der Waals surface area contributed by atoms with Crippen LogP contribution in [0.1, 0.15) is 22.3 Å². The van der Waals surface area contributed by atoms with Crippen molar-refractivity contribution < 1.29 is 18.7 Å². The third kappa shape index (κ3) is 5.43. The number of benzene rings is 2. The molecule has 0 N–H and O–H groups in total. The van der Waals surface area contributed by atoms with Gasteiger partial charge in [-0.3, -0.25) is 4.79 Å². The number of carbonyl (C=O) groups excluding carboxylic acids is 2. The van der Waals surface area contributed by atoms with Crippen molar-refractivity contribution in [1.29, 1.82) is 5.26 Å². The van der Waals surface area contributed by atoms with Crippen molar-refractivity contribution in [3.8, 4) is 6.07 Å². The van der Waals surface area contributed by atoms with Gasteiger partial charge < -0.3 is 9.64 Å². The molecule has 0 bridgehead atoms. The van der Waals surface area contributed by atoms with Crippen molar-refractivity contribution in [3.05, 3.63) is 63.4 Å². The van der Waals surface area contributed by atoms with Crippen LogP contribution in [0.2, 0.25) is 10.0 Å². The second kappa shape index (κ2) is 9.36. The normalized spacial score (nSPS) is 10.2. The molecule has 8 heteroatoms. The zero-order valence-corrected chi connectivity index (χ0v) is 15.9. The molecule has 140 valence electrons. The number of carbonyl (C=O) groups is 2. The van der Waals surface area contributed by atoms with E-state index in [-0.39, 0.29) is 28.6 Å². The number of aryl methyl sites for hydroxylation is 1. The van der Waals surface area contributed by atoms with Crippen LogP contribution in [0.4, 0.5) is 10.1 Å². The highest BCUT2D eigenvalue weighted by Gasteiger charge is 2.20. The molecule has 2 aromatic rings. The van der Waals surface area contributed by atoms with E-state index < -0.39 is 24.3 Å². The average Bonchev–Trinajstić information content (AvgIpc) is 2.64. The fraction of sp³-hybridized carbons (Fsp3) is 0.211. The number of nitrogens with zero attached hydrogens (tertiary/aromatic N) is 2. The summed E-state index contributed by atoms with van der Waals surface area (Å²) in [6, 6.07) is 11.0. The minimum Gasteiger partial charge on any atom is -0.452 e. The van der Waals surface area contributed by atoms with Gasteiger partial charge in [0.05, 0.1) is 28.1 Å². The van der Waals surface area contributed by atoms with E-state index in [0.29, 0.717) is 5.69 Å². The van der Waals surface area contributed by atoms with Gasteiger partial charge in [0.15, 0.2) is 6.61 Å². The van der Waals surface area contributed by atoms with E-state index >= 15 is 0 Å². The van der Waals surface area contributed by atoms with Gasteiger partial charge in [0.1, 0.15) is 5.82 Å². The summed E-state index contributed by atoms with van der Waals surface area (Å²) in [5.74, 6) is -2.30. The van der Waals surface area contributed by atoms with E-state index in [1.807, 2.05) is 25.1 Å². The van der Waals surface area contributed by atoms with Crippen LogP contribution in [-0.2, 0) is 9.53 Å². The van der Waals surface area contributed by atoms with Crippen molar-refractivity contribution in [2.75, 3.05) is 18.1 Å². The van der Waals surface area contributed by atoms with Crippen LogP contribution in [0.15, 0.2) is 36.4 Å². The van der Waals surface area contributed by atoms with Crippen LogP contribution in [-0.4, -0.2) is 25.0 Å². The second-order valence-electron chi connectivity index (χ2n) is 5.61. The van der Waals surface area contributed by atoms with Crippen molar-refractivity contribution in [2.24, 2.45) is 0 Å². The van der Waals surface area contributed by atoms with Gasteiger partial charge in [-0.1, -0.05) is 40.9 Å².